The van der Waals surface area contributed by atoms with E-state index in [9.17, 15) is 0 Å². The fraction of sp³-hybridized carbons (Fsp3) is 0.857. The Balaban J connectivity index is 2.01. The van der Waals surface area contributed by atoms with Crippen molar-refractivity contribution in [2.24, 2.45) is 0 Å². The normalized spacial score (nSPS) is 16.6. The van der Waals surface area contributed by atoms with Crippen LogP contribution in [0.25, 0.3) is 0 Å². The smallest absolute Gasteiger partial charge is 0.154 e. The van der Waals surface area contributed by atoms with E-state index >= 15 is 0 Å². The third-order valence-corrected chi connectivity index (χ3v) is 3.80. The topological polar surface area (TPSA) is 54.2 Å². The summed E-state index contributed by atoms with van der Waals surface area (Å²) in [6.45, 7) is 1.76. The molecule has 1 aromatic rings. The van der Waals surface area contributed by atoms with Crippen molar-refractivity contribution in [2.45, 2.75) is 51.0 Å². The van der Waals surface area contributed by atoms with Gasteiger partial charge in [0.05, 0.1) is 13.2 Å². The highest BCUT2D eigenvalue weighted by molar-refractivity contribution is 5.02. The summed E-state index contributed by atoms with van der Waals surface area (Å²) >= 11 is 0. The fourth-order valence-electron chi connectivity index (χ4n) is 2.76. The van der Waals surface area contributed by atoms with Crippen molar-refractivity contribution in [1.82, 2.24) is 19.7 Å². The lowest BCUT2D eigenvalue weighted by atomic mass is 10.1. The van der Waals surface area contributed by atoms with Gasteiger partial charge in [-0.15, -0.1) is 0 Å². The number of aromatic nitrogens is 3. The first-order valence-electron chi connectivity index (χ1n) is 7.40. The van der Waals surface area contributed by atoms with Crippen LogP contribution in [0.15, 0.2) is 0 Å². The molecule has 1 saturated carbocycles. The third kappa shape index (κ3) is 4.01. The summed E-state index contributed by atoms with van der Waals surface area (Å²) in [5.41, 5.74) is 0. The monoisotopic (exact) mass is 266 g/mol. The molecule has 108 valence electrons. The molecule has 1 aromatic heterocycles. The van der Waals surface area contributed by atoms with Crippen LogP contribution in [-0.4, -0.2) is 52.0 Å². The van der Waals surface area contributed by atoms with Crippen molar-refractivity contribution in [3.8, 4) is 0 Å². The number of aryl methyl sites for hydroxylation is 1. The fourth-order valence-corrected chi connectivity index (χ4v) is 2.76. The highest BCUT2D eigenvalue weighted by atomic mass is 16.3. The minimum atomic E-state index is 0.133. The molecule has 0 amide bonds. The van der Waals surface area contributed by atoms with Gasteiger partial charge >= 0.3 is 0 Å². The Kier molecular flexibility index (Phi) is 5.34. The standard InChI is InChI=1S/C14H26N4O/c1-17(2)9-5-8-13-15-14(12-6-3-4-7-12)16-18(13)10-11-19/h12,19H,3-11H2,1-2H3. The molecule has 0 atom stereocenters. The molecular weight excluding hydrogens is 240 g/mol. The Hall–Kier alpha value is -0.940. The quantitative estimate of drug-likeness (QED) is 0.811. The summed E-state index contributed by atoms with van der Waals surface area (Å²) in [6.07, 6.45) is 7.07. The third-order valence-electron chi connectivity index (χ3n) is 3.80. The van der Waals surface area contributed by atoms with Gasteiger partial charge in [-0.05, 0) is 39.9 Å². The van der Waals surface area contributed by atoms with Crippen LogP contribution in [0.4, 0.5) is 0 Å². The van der Waals surface area contributed by atoms with E-state index in [-0.39, 0.29) is 6.61 Å². The molecule has 1 N–H and O–H groups in total. The van der Waals surface area contributed by atoms with Gasteiger partial charge in [0, 0.05) is 12.3 Å². The molecule has 1 aliphatic rings. The Morgan fingerprint density at radius 3 is 2.68 bits per heavy atom. The van der Waals surface area contributed by atoms with Gasteiger partial charge in [-0.1, -0.05) is 12.8 Å². The first-order chi connectivity index (χ1) is 9.20. The van der Waals surface area contributed by atoms with Gasteiger partial charge in [0.2, 0.25) is 0 Å². The van der Waals surface area contributed by atoms with Crippen LogP contribution in [0.3, 0.4) is 0 Å². The molecule has 0 aliphatic heterocycles. The van der Waals surface area contributed by atoms with Gasteiger partial charge in [-0.25, -0.2) is 9.67 Å². The summed E-state index contributed by atoms with van der Waals surface area (Å²) in [5, 5.41) is 13.7. The Labute approximate surface area is 115 Å². The second kappa shape index (κ2) is 7.01. The predicted octanol–water partition coefficient (Wildman–Crippen LogP) is 1.42. The molecule has 0 spiro atoms. The molecule has 2 rings (SSSR count). The summed E-state index contributed by atoms with van der Waals surface area (Å²) < 4.78 is 1.91. The number of hydrogen-bond acceptors (Lipinski definition) is 4. The first-order valence-corrected chi connectivity index (χ1v) is 7.40. The highest BCUT2D eigenvalue weighted by Gasteiger charge is 2.22. The van der Waals surface area contributed by atoms with E-state index in [1.807, 2.05) is 4.68 Å². The number of hydrogen-bond donors (Lipinski definition) is 1. The van der Waals surface area contributed by atoms with Crippen molar-refractivity contribution < 1.29 is 5.11 Å². The minimum Gasteiger partial charge on any atom is -0.394 e. The number of nitrogens with zero attached hydrogens (tertiary/aromatic N) is 4. The molecule has 0 saturated heterocycles. The summed E-state index contributed by atoms with van der Waals surface area (Å²) in [5.74, 6) is 2.59. The predicted molar refractivity (Wildman–Crippen MR) is 75.2 cm³/mol. The van der Waals surface area contributed by atoms with Crippen LogP contribution in [-0.2, 0) is 13.0 Å². The van der Waals surface area contributed by atoms with Crippen LogP contribution in [0.1, 0.15) is 49.7 Å². The van der Waals surface area contributed by atoms with Crippen LogP contribution >= 0.6 is 0 Å². The SMILES string of the molecule is CN(C)CCCc1nc(C2CCCC2)nn1CCO. The van der Waals surface area contributed by atoms with Gasteiger partial charge in [-0.2, -0.15) is 5.10 Å². The zero-order chi connectivity index (χ0) is 13.7. The zero-order valence-corrected chi connectivity index (χ0v) is 12.2. The second-order valence-corrected chi connectivity index (χ2v) is 5.72. The summed E-state index contributed by atoms with van der Waals surface area (Å²) in [6, 6.07) is 0. The van der Waals surface area contributed by atoms with Crippen LogP contribution in [0.5, 0.6) is 0 Å². The average molecular weight is 266 g/mol. The first kappa shape index (κ1) is 14.5. The minimum absolute atomic E-state index is 0.133. The van der Waals surface area contributed by atoms with E-state index in [4.69, 9.17) is 10.1 Å². The van der Waals surface area contributed by atoms with E-state index in [1.165, 1.54) is 25.7 Å². The molecule has 5 heteroatoms. The Morgan fingerprint density at radius 1 is 1.32 bits per heavy atom. The molecular formula is C14H26N4O. The molecule has 0 radical (unpaired) electrons. The zero-order valence-electron chi connectivity index (χ0n) is 12.2. The van der Waals surface area contributed by atoms with Gasteiger partial charge < -0.3 is 10.0 Å². The number of rotatable bonds is 7. The molecule has 1 aliphatic carbocycles. The van der Waals surface area contributed by atoms with E-state index < -0.39 is 0 Å². The molecule has 5 nitrogen and oxygen atoms in total. The van der Waals surface area contributed by atoms with Crippen LogP contribution in [0, 0.1) is 0 Å². The second-order valence-electron chi connectivity index (χ2n) is 5.72. The van der Waals surface area contributed by atoms with Gasteiger partial charge in [0.1, 0.15) is 5.82 Å². The van der Waals surface area contributed by atoms with Gasteiger partial charge in [0.25, 0.3) is 0 Å². The van der Waals surface area contributed by atoms with Gasteiger partial charge in [0.15, 0.2) is 5.82 Å². The highest BCUT2D eigenvalue weighted by Crippen LogP contribution is 2.32. The average Bonchev–Trinajstić information content (AvgIpc) is 2.98. The van der Waals surface area contributed by atoms with E-state index in [2.05, 4.69) is 24.1 Å². The largest absolute Gasteiger partial charge is 0.394 e. The molecule has 0 bridgehead atoms. The van der Waals surface area contributed by atoms with Crippen molar-refractivity contribution in [2.75, 3.05) is 27.2 Å². The number of aliphatic hydroxyl groups excluding tert-OH is 1. The molecule has 1 fully saturated rings. The van der Waals surface area contributed by atoms with E-state index in [0.29, 0.717) is 12.5 Å². The molecule has 0 unspecified atom stereocenters. The maximum atomic E-state index is 9.14. The lowest BCUT2D eigenvalue weighted by Crippen LogP contribution is -2.15. The van der Waals surface area contributed by atoms with Crippen molar-refractivity contribution in [1.29, 1.82) is 0 Å². The Bertz CT molecular complexity index is 383. The van der Waals surface area contributed by atoms with Crippen molar-refractivity contribution in [3.63, 3.8) is 0 Å². The maximum Gasteiger partial charge on any atom is 0.154 e. The van der Waals surface area contributed by atoms with E-state index in [0.717, 1.165) is 31.0 Å². The van der Waals surface area contributed by atoms with Crippen molar-refractivity contribution in [3.05, 3.63) is 11.6 Å². The molecule has 0 aromatic carbocycles. The maximum absolute atomic E-state index is 9.14. The molecule has 19 heavy (non-hydrogen) atoms. The van der Waals surface area contributed by atoms with Crippen LogP contribution < -0.4 is 0 Å². The lowest BCUT2D eigenvalue weighted by molar-refractivity contribution is 0.266. The van der Waals surface area contributed by atoms with E-state index in [1.54, 1.807) is 0 Å². The Morgan fingerprint density at radius 2 is 2.05 bits per heavy atom. The summed E-state index contributed by atoms with van der Waals surface area (Å²) in [4.78, 5) is 6.92. The lowest BCUT2D eigenvalue weighted by Gasteiger charge is -2.08. The molecule has 1 heterocycles. The van der Waals surface area contributed by atoms with Crippen molar-refractivity contribution >= 4 is 0 Å². The van der Waals surface area contributed by atoms with Crippen LogP contribution in [0.2, 0.25) is 0 Å². The summed E-state index contributed by atoms with van der Waals surface area (Å²) in [7, 11) is 4.17. The van der Waals surface area contributed by atoms with Gasteiger partial charge in [-0.3, -0.25) is 0 Å². The number of aliphatic hydroxyl groups is 1.